The minimum absolute atomic E-state index is 0.432. The fraction of sp³-hybridized carbons (Fsp3) is 0.667. The number of nitrogens with zero attached hydrogens (tertiary/aromatic N) is 2. The van der Waals surface area contributed by atoms with Gasteiger partial charge in [-0.15, -0.1) is 0 Å². The summed E-state index contributed by atoms with van der Waals surface area (Å²) in [6.07, 6.45) is 1.90. The molecule has 0 radical (unpaired) electrons. The van der Waals surface area contributed by atoms with Gasteiger partial charge in [0.1, 0.15) is 5.82 Å². The monoisotopic (exact) mass is 304 g/mol. The zero-order valence-corrected chi connectivity index (χ0v) is 13.6. The van der Waals surface area contributed by atoms with Gasteiger partial charge in [-0.25, -0.2) is 4.98 Å². The fourth-order valence-corrected chi connectivity index (χ4v) is 3.55. The molecule has 5 nitrogen and oxygen atoms in total. The molecule has 0 aliphatic carbocycles. The van der Waals surface area contributed by atoms with Gasteiger partial charge in [0, 0.05) is 23.6 Å². The molecule has 0 amide bonds. The highest BCUT2D eigenvalue weighted by atomic mass is 32.5. The van der Waals surface area contributed by atoms with E-state index >= 15 is 0 Å². The molecule has 0 unspecified atom stereocenters. The van der Waals surface area contributed by atoms with Crippen LogP contribution in [0.5, 0.6) is 5.88 Å². The van der Waals surface area contributed by atoms with Gasteiger partial charge in [-0.2, -0.15) is 4.98 Å². The van der Waals surface area contributed by atoms with E-state index < -0.39 is 6.72 Å². The van der Waals surface area contributed by atoms with Crippen LogP contribution in [-0.2, 0) is 27.3 Å². The first kappa shape index (κ1) is 16.5. The van der Waals surface area contributed by atoms with Gasteiger partial charge in [0.05, 0.1) is 13.2 Å². The Kier molecular flexibility index (Phi) is 6.86. The van der Waals surface area contributed by atoms with Crippen LogP contribution >= 0.6 is 6.72 Å². The number of hydrogen-bond donors (Lipinski definition) is 0. The Balaban J connectivity index is 2.92. The van der Waals surface area contributed by atoms with Crippen molar-refractivity contribution in [3.8, 4) is 5.88 Å². The maximum absolute atomic E-state index is 5.68. The predicted molar refractivity (Wildman–Crippen MR) is 78.9 cm³/mol. The van der Waals surface area contributed by atoms with Crippen molar-refractivity contribution in [2.45, 2.75) is 40.5 Å². The SMILES string of the molecule is CCCc1cc(OP(=S)(OCC)OCC)nc(C)n1. The van der Waals surface area contributed by atoms with E-state index in [0.717, 1.165) is 18.5 Å². The fourth-order valence-electron chi connectivity index (χ4n) is 1.55. The Hall–Kier alpha value is -0.550. The molecule has 19 heavy (non-hydrogen) atoms. The maximum atomic E-state index is 5.68. The molecule has 0 aliphatic heterocycles. The minimum atomic E-state index is -2.76. The second-order valence-corrected chi connectivity index (χ2v) is 6.80. The van der Waals surface area contributed by atoms with Gasteiger partial charge in [0.25, 0.3) is 0 Å². The van der Waals surface area contributed by atoms with E-state index in [1.807, 2.05) is 20.8 Å². The van der Waals surface area contributed by atoms with Crippen molar-refractivity contribution in [1.29, 1.82) is 0 Å². The Bertz CT molecular complexity index is 447. The molecule has 0 saturated carbocycles. The molecule has 0 bridgehead atoms. The normalized spacial score (nSPS) is 11.6. The van der Waals surface area contributed by atoms with E-state index in [2.05, 4.69) is 16.9 Å². The van der Waals surface area contributed by atoms with Gasteiger partial charge in [-0.05, 0) is 27.2 Å². The van der Waals surface area contributed by atoms with Crippen LogP contribution in [0.25, 0.3) is 0 Å². The first-order valence-electron chi connectivity index (χ1n) is 6.46. The van der Waals surface area contributed by atoms with Crippen molar-refractivity contribution in [1.82, 2.24) is 9.97 Å². The topological polar surface area (TPSA) is 53.5 Å². The molecular weight excluding hydrogens is 283 g/mol. The van der Waals surface area contributed by atoms with Crippen LogP contribution in [0.1, 0.15) is 38.7 Å². The van der Waals surface area contributed by atoms with Crippen LogP contribution in [0.15, 0.2) is 6.07 Å². The molecule has 0 spiro atoms. The van der Waals surface area contributed by atoms with Gasteiger partial charge < -0.3 is 4.52 Å². The minimum Gasteiger partial charge on any atom is -0.406 e. The van der Waals surface area contributed by atoms with Crippen molar-refractivity contribution in [2.75, 3.05) is 13.2 Å². The van der Waals surface area contributed by atoms with E-state index in [4.69, 9.17) is 25.4 Å². The lowest BCUT2D eigenvalue weighted by atomic mass is 10.2. The predicted octanol–water partition coefficient (Wildman–Crippen LogP) is 3.41. The van der Waals surface area contributed by atoms with Crippen molar-refractivity contribution in [3.05, 3.63) is 17.6 Å². The Labute approximate surface area is 120 Å². The summed E-state index contributed by atoms with van der Waals surface area (Å²) in [5, 5.41) is 0. The molecule has 1 heterocycles. The molecule has 0 aliphatic rings. The lowest BCUT2D eigenvalue weighted by Crippen LogP contribution is -2.05. The van der Waals surface area contributed by atoms with Gasteiger partial charge >= 0.3 is 6.72 Å². The van der Waals surface area contributed by atoms with Crippen LogP contribution in [-0.4, -0.2) is 23.2 Å². The molecule has 0 saturated heterocycles. The summed E-state index contributed by atoms with van der Waals surface area (Å²) in [5.41, 5.74) is 0.944. The summed E-state index contributed by atoms with van der Waals surface area (Å²) >= 11 is 5.32. The third-order valence-electron chi connectivity index (χ3n) is 2.15. The summed E-state index contributed by atoms with van der Waals surface area (Å²) < 4.78 is 16.6. The van der Waals surface area contributed by atoms with Gasteiger partial charge in [-0.3, -0.25) is 9.05 Å². The average Bonchev–Trinajstić information content (AvgIpc) is 2.28. The van der Waals surface area contributed by atoms with Gasteiger partial charge in [-0.1, -0.05) is 13.3 Å². The van der Waals surface area contributed by atoms with Crippen LogP contribution in [0.3, 0.4) is 0 Å². The number of aryl methyl sites for hydroxylation is 2. The Morgan fingerprint density at radius 2 is 1.79 bits per heavy atom. The lowest BCUT2D eigenvalue weighted by Gasteiger charge is -2.20. The maximum Gasteiger partial charge on any atom is 0.381 e. The second-order valence-electron chi connectivity index (χ2n) is 3.87. The quantitative estimate of drug-likeness (QED) is 0.686. The zero-order chi connectivity index (χ0) is 14.3. The summed E-state index contributed by atoms with van der Waals surface area (Å²) in [6, 6.07) is 1.80. The van der Waals surface area contributed by atoms with Gasteiger partial charge in [0.2, 0.25) is 5.88 Å². The molecule has 1 aromatic heterocycles. The van der Waals surface area contributed by atoms with Crippen LogP contribution in [0.4, 0.5) is 0 Å². The third kappa shape index (κ3) is 5.53. The number of rotatable bonds is 8. The highest BCUT2D eigenvalue weighted by molar-refractivity contribution is 8.07. The standard InChI is InChI=1S/C12H21N2O3PS/c1-5-8-11-9-12(14-10(4)13-11)17-18(19,15-6-2)16-7-3/h9H,5-8H2,1-4H3. The molecule has 0 N–H and O–H groups in total. The molecule has 0 atom stereocenters. The second kappa shape index (κ2) is 7.90. The van der Waals surface area contributed by atoms with Gasteiger partial charge in [0.15, 0.2) is 0 Å². The molecule has 0 fully saturated rings. The third-order valence-corrected chi connectivity index (χ3v) is 4.57. The molecule has 0 aromatic carbocycles. The summed E-state index contributed by atoms with van der Waals surface area (Å²) in [5.74, 6) is 1.09. The van der Waals surface area contributed by atoms with Crippen LogP contribution < -0.4 is 4.52 Å². The summed E-state index contributed by atoms with van der Waals surface area (Å²) in [4.78, 5) is 8.58. The highest BCUT2D eigenvalue weighted by Crippen LogP contribution is 2.49. The van der Waals surface area contributed by atoms with Crippen molar-refractivity contribution in [3.63, 3.8) is 0 Å². The molecule has 108 valence electrons. The average molecular weight is 304 g/mol. The van der Waals surface area contributed by atoms with E-state index in [1.54, 1.807) is 6.07 Å². The largest absolute Gasteiger partial charge is 0.406 e. The van der Waals surface area contributed by atoms with E-state index in [1.165, 1.54) is 0 Å². The van der Waals surface area contributed by atoms with Crippen molar-refractivity contribution < 1.29 is 13.6 Å². The van der Waals surface area contributed by atoms with Crippen molar-refractivity contribution >= 4 is 18.5 Å². The number of hydrogen-bond acceptors (Lipinski definition) is 6. The van der Waals surface area contributed by atoms with Crippen LogP contribution in [0.2, 0.25) is 0 Å². The first-order valence-corrected chi connectivity index (χ1v) is 9.01. The van der Waals surface area contributed by atoms with E-state index in [0.29, 0.717) is 24.9 Å². The molecule has 1 rings (SSSR count). The Morgan fingerprint density at radius 1 is 1.16 bits per heavy atom. The molecule has 1 aromatic rings. The summed E-state index contributed by atoms with van der Waals surface area (Å²) in [6.45, 7) is 5.79. The van der Waals surface area contributed by atoms with E-state index in [-0.39, 0.29) is 0 Å². The summed E-state index contributed by atoms with van der Waals surface area (Å²) in [7, 11) is 0. The van der Waals surface area contributed by atoms with E-state index in [9.17, 15) is 0 Å². The smallest absolute Gasteiger partial charge is 0.381 e. The Morgan fingerprint density at radius 3 is 2.32 bits per heavy atom. The lowest BCUT2D eigenvalue weighted by molar-refractivity contribution is 0.216. The first-order chi connectivity index (χ1) is 9.03. The highest BCUT2D eigenvalue weighted by Gasteiger charge is 2.22. The number of aromatic nitrogens is 2. The molecular formula is C12H21N2O3PS. The van der Waals surface area contributed by atoms with Crippen molar-refractivity contribution in [2.24, 2.45) is 0 Å². The van der Waals surface area contributed by atoms with Crippen LogP contribution in [0, 0.1) is 6.92 Å². The zero-order valence-electron chi connectivity index (χ0n) is 11.9. The molecule has 7 heteroatoms.